The van der Waals surface area contributed by atoms with E-state index < -0.39 is 9.84 Å². The van der Waals surface area contributed by atoms with E-state index in [2.05, 4.69) is 5.32 Å². The molecule has 0 radical (unpaired) electrons. The Bertz CT molecular complexity index is 528. The minimum atomic E-state index is -2.92. The number of nitrogens with two attached hydrogens (primary N) is 1. The van der Waals surface area contributed by atoms with Crippen molar-refractivity contribution in [2.75, 3.05) is 29.7 Å². The fourth-order valence-electron chi connectivity index (χ4n) is 2.20. The highest BCUT2D eigenvalue weighted by atomic mass is 32.2. The van der Waals surface area contributed by atoms with E-state index in [4.69, 9.17) is 10.5 Å². The highest BCUT2D eigenvalue weighted by molar-refractivity contribution is 7.91. The second-order valence-electron chi connectivity index (χ2n) is 4.52. The molecule has 1 heterocycles. The number of hydrogen-bond donors (Lipinski definition) is 2. The first-order valence-electron chi connectivity index (χ1n) is 5.91. The van der Waals surface area contributed by atoms with Gasteiger partial charge in [0.25, 0.3) is 0 Å². The van der Waals surface area contributed by atoms with E-state index in [1.165, 1.54) is 0 Å². The number of methoxy groups -OCH3 is 1. The monoisotopic (exact) mass is 270 g/mol. The molecule has 1 aromatic rings. The van der Waals surface area contributed by atoms with Crippen molar-refractivity contribution < 1.29 is 13.2 Å². The average molecular weight is 270 g/mol. The van der Waals surface area contributed by atoms with Crippen molar-refractivity contribution in [3.05, 3.63) is 18.2 Å². The van der Waals surface area contributed by atoms with Gasteiger partial charge in [-0.3, -0.25) is 0 Å². The summed E-state index contributed by atoms with van der Waals surface area (Å²) in [5, 5.41) is 3.20. The van der Waals surface area contributed by atoms with Gasteiger partial charge >= 0.3 is 0 Å². The smallest absolute Gasteiger partial charge is 0.152 e. The summed E-state index contributed by atoms with van der Waals surface area (Å²) in [4.78, 5) is 0. The lowest BCUT2D eigenvalue weighted by Gasteiger charge is -2.25. The van der Waals surface area contributed by atoms with Crippen LogP contribution in [0.1, 0.15) is 12.8 Å². The summed E-state index contributed by atoms with van der Waals surface area (Å²) in [6.45, 7) is 0. The van der Waals surface area contributed by atoms with Crippen molar-refractivity contribution in [2.45, 2.75) is 18.9 Å². The van der Waals surface area contributed by atoms with Crippen LogP contribution in [0.5, 0.6) is 5.75 Å². The molecule has 1 aromatic carbocycles. The normalized spacial score (nSPS) is 22.4. The predicted molar refractivity (Wildman–Crippen MR) is 72.7 cm³/mol. The number of rotatable bonds is 3. The molecule has 18 heavy (non-hydrogen) atoms. The Balaban J connectivity index is 2.14. The van der Waals surface area contributed by atoms with Gasteiger partial charge in [0, 0.05) is 6.04 Å². The molecule has 0 spiro atoms. The Kier molecular flexibility index (Phi) is 3.65. The maximum atomic E-state index is 11.6. The van der Waals surface area contributed by atoms with Gasteiger partial charge in [-0.2, -0.15) is 0 Å². The number of benzene rings is 1. The molecule has 6 heteroatoms. The van der Waals surface area contributed by atoms with Crippen LogP contribution < -0.4 is 15.8 Å². The molecular weight excluding hydrogens is 252 g/mol. The fourth-order valence-corrected chi connectivity index (χ4v) is 3.84. The molecule has 1 aliphatic rings. The third kappa shape index (κ3) is 2.87. The predicted octanol–water partition coefficient (Wildman–Crippen LogP) is 1.27. The molecule has 1 atom stereocenters. The van der Waals surface area contributed by atoms with E-state index in [-0.39, 0.29) is 11.8 Å². The third-order valence-electron chi connectivity index (χ3n) is 3.11. The van der Waals surface area contributed by atoms with E-state index in [1.54, 1.807) is 13.2 Å². The summed E-state index contributed by atoms with van der Waals surface area (Å²) in [5.74, 6) is 1.06. The molecule has 0 amide bonds. The van der Waals surface area contributed by atoms with Gasteiger partial charge in [0.05, 0.1) is 30.0 Å². The average Bonchev–Trinajstić information content (AvgIpc) is 2.31. The van der Waals surface area contributed by atoms with Gasteiger partial charge in [-0.25, -0.2) is 8.42 Å². The second-order valence-corrected chi connectivity index (χ2v) is 6.75. The molecular formula is C12H18N2O3S. The zero-order valence-electron chi connectivity index (χ0n) is 10.3. The van der Waals surface area contributed by atoms with Crippen LogP contribution in [0.3, 0.4) is 0 Å². The standard InChI is InChI=1S/C12H18N2O3S/c1-17-11-6-2-5-10(12(11)13)14-9-4-3-7-18(15,16)8-9/h2,5-6,9,14H,3-4,7-8,13H2,1H3. The summed E-state index contributed by atoms with van der Waals surface area (Å²) < 4.78 is 28.3. The van der Waals surface area contributed by atoms with Crippen molar-refractivity contribution >= 4 is 21.2 Å². The van der Waals surface area contributed by atoms with Crippen LogP contribution in [-0.4, -0.2) is 33.1 Å². The zero-order chi connectivity index (χ0) is 13.2. The van der Waals surface area contributed by atoms with Crippen LogP contribution >= 0.6 is 0 Å². The summed E-state index contributed by atoms with van der Waals surface area (Å²) >= 11 is 0. The molecule has 1 fully saturated rings. The van der Waals surface area contributed by atoms with E-state index in [0.717, 1.165) is 12.1 Å². The zero-order valence-corrected chi connectivity index (χ0v) is 11.2. The quantitative estimate of drug-likeness (QED) is 0.808. The molecule has 100 valence electrons. The molecule has 1 aliphatic heterocycles. The Morgan fingerprint density at radius 3 is 2.89 bits per heavy atom. The Morgan fingerprint density at radius 1 is 1.44 bits per heavy atom. The second kappa shape index (κ2) is 5.06. The highest BCUT2D eigenvalue weighted by Crippen LogP contribution is 2.30. The number of nitrogens with one attached hydrogen (secondary N) is 1. The van der Waals surface area contributed by atoms with E-state index >= 15 is 0 Å². The Morgan fingerprint density at radius 2 is 2.22 bits per heavy atom. The van der Waals surface area contributed by atoms with Crippen LogP contribution in [0, 0.1) is 0 Å². The molecule has 5 nitrogen and oxygen atoms in total. The van der Waals surface area contributed by atoms with E-state index in [1.807, 2.05) is 12.1 Å². The summed E-state index contributed by atoms with van der Waals surface area (Å²) in [7, 11) is -1.36. The number of ether oxygens (including phenoxy) is 1. The van der Waals surface area contributed by atoms with Crippen LogP contribution in [0.25, 0.3) is 0 Å². The van der Waals surface area contributed by atoms with Crippen molar-refractivity contribution in [2.24, 2.45) is 0 Å². The van der Waals surface area contributed by atoms with E-state index in [0.29, 0.717) is 23.6 Å². The van der Waals surface area contributed by atoms with Gasteiger partial charge in [0.15, 0.2) is 9.84 Å². The molecule has 0 saturated carbocycles. The first-order valence-corrected chi connectivity index (χ1v) is 7.73. The van der Waals surface area contributed by atoms with Crippen LogP contribution in [0.15, 0.2) is 18.2 Å². The highest BCUT2D eigenvalue weighted by Gasteiger charge is 2.25. The molecule has 1 saturated heterocycles. The Hall–Kier alpha value is -1.43. The molecule has 2 rings (SSSR count). The van der Waals surface area contributed by atoms with Crippen molar-refractivity contribution in [3.63, 3.8) is 0 Å². The molecule has 0 aromatic heterocycles. The molecule has 0 aliphatic carbocycles. The third-order valence-corrected chi connectivity index (χ3v) is 4.93. The maximum absolute atomic E-state index is 11.6. The van der Waals surface area contributed by atoms with Crippen LogP contribution in [-0.2, 0) is 9.84 Å². The number of sulfone groups is 1. The van der Waals surface area contributed by atoms with Gasteiger partial charge in [-0.1, -0.05) is 6.07 Å². The minimum absolute atomic E-state index is 0.0712. The molecule has 3 N–H and O–H groups in total. The van der Waals surface area contributed by atoms with Crippen molar-refractivity contribution in [1.82, 2.24) is 0 Å². The molecule has 1 unspecified atom stereocenters. The van der Waals surface area contributed by atoms with Gasteiger partial charge in [0.2, 0.25) is 0 Å². The van der Waals surface area contributed by atoms with Crippen LogP contribution in [0.4, 0.5) is 11.4 Å². The number of para-hydroxylation sites is 1. The topological polar surface area (TPSA) is 81.4 Å². The largest absolute Gasteiger partial charge is 0.495 e. The van der Waals surface area contributed by atoms with Gasteiger partial charge in [-0.05, 0) is 25.0 Å². The Labute approximate surface area is 107 Å². The summed E-state index contributed by atoms with van der Waals surface area (Å²) in [6, 6.07) is 5.37. The van der Waals surface area contributed by atoms with Crippen molar-refractivity contribution in [1.29, 1.82) is 0 Å². The van der Waals surface area contributed by atoms with E-state index in [9.17, 15) is 8.42 Å². The van der Waals surface area contributed by atoms with Crippen LogP contribution in [0.2, 0.25) is 0 Å². The maximum Gasteiger partial charge on any atom is 0.152 e. The lowest BCUT2D eigenvalue weighted by Crippen LogP contribution is -2.35. The minimum Gasteiger partial charge on any atom is -0.495 e. The lowest BCUT2D eigenvalue weighted by molar-refractivity contribution is 0.417. The number of anilines is 2. The molecule has 0 bridgehead atoms. The summed E-state index contributed by atoms with van der Waals surface area (Å²) in [5.41, 5.74) is 7.19. The van der Waals surface area contributed by atoms with Crippen molar-refractivity contribution in [3.8, 4) is 5.75 Å². The fraction of sp³-hybridized carbons (Fsp3) is 0.500. The van der Waals surface area contributed by atoms with Gasteiger partial charge in [-0.15, -0.1) is 0 Å². The number of hydrogen-bond acceptors (Lipinski definition) is 5. The lowest BCUT2D eigenvalue weighted by atomic mass is 10.1. The summed E-state index contributed by atoms with van der Waals surface area (Å²) in [6.07, 6.45) is 1.54. The first-order chi connectivity index (χ1) is 8.52. The number of nitrogen functional groups attached to an aromatic ring is 1. The van der Waals surface area contributed by atoms with Gasteiger partial charge in [0.1, 0.15) is 5.75 Å². The first kappa shape index (κ1) is 13.0. The SMILES string of the molecule is COc1cccc(NC2CCCS(=O)(=O)C2)c1N. The van der Waals surface area contributed by atoms with Gasteiger partial charge < -0.3 is 15.8 Å².